The van der Waals surface area contributed by atoms with Crippen LogP contribution in [0.15, 0.2) is 54.6 Å². The van der Waals surface area contributed by atoms with E-state index in [0.717, 1.165) is 43.0 Å². The van der Waals surface area contributed by atoms with E-state index in [1.54, 1.807) is 7.11 Å². The maximum Gasteiger partial charge on any atom is 0.233 e. The van der Waals surface area contributed by atoms with Gasteiger partial charge in [-0.25, -0.2) is 0 Å². The molecule has 5 nitrogen and oxygen atoms in total. The molecule has 0 unspecified atom stereocenters. The van der Waals surface area contributed by atoms with Gasteiger partial charge in [0.2, 0.25) is 5.91 Å². The van der Waals surface area contributed by atoms with Crippen LogP contribution in [0.5, 0.6) is 0 Å². The number of ether oxygens (including phenoxy) is 1. The minimum Gasteiger partial charge on any atom is -0.384 e. The zero-order valence-corrected chi connectivity index (χ0v) is 14.5. The number of rotatable bonds is 6. The van der Waals surface area contributed by atoms with Gasteiger partial charge >= 0.3 is 0 Å². The molecule has 1 saturated heterocycles. The molecule has 0 aromatic heterocycles. The van der Waals surface area contributed by atoms with Crippen LogP contribution >= 0.6 is 0 Å². The van der Waals surface area contributed by atoms with Gasteiger partial charge in [0.05, 0.1) is 12.0 Å². The summed E-state index contributed by atoms with van der Waals surface area (Å²) in [6.07, 6.45) is 1.57. The Morgan fingerprint density at radius 2 is 1.72 bits per heavy atom. The number of piperidine rings is 1. The average molecular weight is 339 g/mol. The van der Waals surface area contributed by atoms with Gasteiger partial charge in [0.15, 0.2) is 0 Å². The summed E-state index contributed by atoms with van der Waals surface area (Å²) in [6, 6.07) is 17.8. The molecule has 0 bridgehead atoms. The number of nitrogens with one attached hydrogen (secondary N) is 3. The Labute approximate surface area is 148 Å². The third-order valence-corrected chi connectivity index (χ3v) is 4.65. The van der Waals surface area contributed by atoms with Crippen molar-refractivity contribution < 1.29 is 9.53 Å². The maximum atomic E-state index is 12.9. The van der Waals surface area contributed by atoms with Gasteiger partial charge in [-0.3, -0.25) is 4.79 Å². The Hall–Kier alpha value is -2.37. The zero-order chi connectivity index (χ0) is 17.5. The monoisotopic (exact) mass is 339 g/mol. The number of carbonyl (C=O) groups is 1. The number of carbonyl (C=O) groups excluding carboxylic acids is 1. The molecule has 0 saturated carbocycles. The molecule has 2 aromatic rings. The summed E-state index contributed by atoms with van der Waals surface area (Å²) in [7, 11) is 1.65. The van der Waals surface area contributed by atoms with Crippen molar-refractivity contribution in [2.24, 2.45) is 5.41 Å². The van der Waals surface area contributed by atoms with Crippen LogP contribution in [0.2, 0.25) is 0 Å². The summed E-state index contributed by atoms with van der Waals surface area (Å²) in [6.45, 7) is 2.13. The summed E-state index contributed by atoms with van der Waals surface area (Å²) in [5.74, 6) is 0.0349. The van der Waals surface area contributed by atoms with Crippen molar-refractivity contribution in [2.45, 2.75) is 12.8 Å². The van der Waals surface area contributed by atoms with Crippen molar-refractivity contribution in [1.29, 1.82) is 0 Å². The van der Waals surface area contributed by atoms with E-state index in [1.165, 1.54) is 0 Å². The highest BCUT2D eigenvalue weighted by Gasteiger charge is 2.39. The molecule has 3 rings (SSSR count). The van der Waals surface area contributed by atoms with Gasteiger partial charge in [0.25, 0.3) is 0 Å². The third kappa shape index (κ3) is 4.38. The van der Waals surface area contributed by atoms with Crippen molar-refractivity contribution in [1.82, 2.24) is 5.32 Å². The molecule has 1 heterocycles. The largest absolute Gasteiger partial charge is 0.384 e. The van der Waals surface area contributed by atoms with E-state index in [4.69, 9.17) is 4.74 Å². The van der Waals surface area contributed by atoms with Crippen molar-refractivity contribution >= 4 is 23.0 Å². The van der Waals surface area contributed by atoms with Crippen LogP contribution in [-0.4, -0.2) is 32.7 Å². The lowest BCUT2D eigenvalue weighted by Gasteiger charge is -2.35. The van der Waals surface area contributed by atoms with Gasteiger partial charge in [0, 0.05) is 24.2 Å². The molecule has 1 amide bonds. The fourth-order valence-corrected chi connectivity index (χ4v) is 3.25. The Morgan fingerprint density at radius 3 is 2.44 bits per heavy atom. The summed E-state index contributed by atoms with van der Waals surface area (Å²) in [4.78, 5) is 12.9. The first-order valence-corrected chi connectivity index (χ1v) is 8.65. The van der Waals surface area contributed by atoms with Crippen molar-refractivity contribution in [3.05, 3.63) is 54.6 Å². The first-order valence-electron chi connectivity index (χ1n) is 8.65. The number of anilines is 3. The lowest BCUT2D eigenvalue weighted by Crippen LogP contribution is -2.47. The predicted molar refractivity (Wildman–Crippen MR) is 101 cm³/mol. The van der Waals surface area contributed by atoms with Gasteiger partial charge in [-0.15, -0.1) is 0 Å². The number of hydrogen-bond donors (Lipinski definition) is 3. The number of hydrogen-bond acceptors (Lipinski definition) is 4. The minimum absolute atomic E-state index is 0.0349. The summed E-state index contributed by atoms with van der Waals surface area (Å²) < 4.78 is 5.35. The normalized spacial score (nSPS) is 16.2. The molecule has 5 heteroatoms. The van der Waals surface area contributed by atoms with Crippen LogP contribution in [0, 0.1) is 5.41 Å². The molecule has 0 atom stereocenters. The minimum atomic E-state index is -0.455. The van der Waals surface area contributed by atoms with E-state index >= 15 is 0 Å². The summed E-state index contributed by atoms with van der Waals surface area (Å²) in [5, 5.41) is 9.73. The number of methoxy groups -OCH3 is 1. The van der Waals surface area contributed by atoms with Gasteiger partial charge in [-0.2, -0.15) is 0 Å². The average Bonchev–Trinajstić information content (AvgIpc) is 2.64. The molecule has 0 aliphatic carbocycles. The second-order valence-electron chi connectivity index (χ2n) is 6.49. The fraction of sp³-hybridized carbons (Fsp3) is 0.350. The van der Waals surface area contributed by atoms with Crippen molar-refractivity contribution in [3.8, 4) is 0 Å². The quantitative estimate of drug-likeness (QED) is 0.755. The summed E-state index contributed by atoms with van der Waals surface area (Å²) in [5.41, 5.74) is 2.29. The standard InChI is InChI=1S/C20H25N3O2/c1-25-15-20(10-12-21-13-11-20)19(24)23-18-9-5-8-17(14-18)22-16-6-3-2-4-7-16/h2-9,14,21-22H,10-13,15H2,1H3,(H,23,24). The van der Waals surface area contributed by atoms with Crippen molar-refractivity contribution in [3.63, 3.8) is 0 Å². The highest BCUT2D eigenvalue weighted by Crippen LogP contribution is 2.31. The molecule has 0 spiro atoms. The van der Waals surface area contributed by atoms with E-state index in [2.05, 4.69) is 16.0 Å². The van der Waals surface area contributed by atoms with Crippen molar-refractivity contribution in [2.75, 3.05) is 37.4 Å². The smallest absolute Gasteiger partial charge is 0.233 e. The second kappa shape index (κ2) is 8.14. The molecule has 1 aliphatic rings. The zero-order valence-electron chi connectivity index (χ0n) is 14.5. The molecular weight excluding hydrogens is 314 g/mol. The van der Waals surface area contributed by atoms with Gasteiger partial charge < -0.3 is 20.7 Å². The van der Waals surface area contributed by atoms with E-state index < -0.39 is 5.41 Å². The topological polar surface area (TPSA) is 62.4 Å². The highest BCUT2D eigenvalue weighted by atomic mass is 16.5. The number of para-hydroxylation sites is 1. The molecule has 1 fully saturated rings. The molecule has 1 aliphatic heterocycles. The van der Waals surface area contributed by atoms with E-state index in [-0.39, 0.29) is 5.91 Å². The van der Waals surface area contributed by atoms with Crippen LogP contribution in [0.1, 0.15) is 12.8 Å². The lowest BCUT2D eigenvalue weighted by molar-refractivity contribution is -0.130. The van der Waals surface area contributed by atoms with Gasteiger partial charge in [-0.1, -0.05) is 24.3 Å². The first-order chi connectivity index (χ1) is 12.2. The van der Waals surface area contributed by atoms with E-state index in [1.807, 2.05) is 54.6 Å². The highest BCUT2D eigenvalue weighted by molar-refractivity contribution is 5.96. The Kier molecular flexibility index (Phi) is 5.68. The second-order valence-corrected chi connectivity index (χ2v) is 6.49. The molecule has 3 N–H and O–H groups in total. The maximum absolute atomic E-state index is 12.9. The van der Waals surface area contributed by atoms with Gasteiger partial charge in [0.1, 0.15) is 0 Å². The Balaban J connectivity index is 1.71. The van der Waals surface area contributed by atoms with Crippen LogP contribution in [0.3, 0.4) is 0 Å². The van der Waals surface area contributed by atoms with E-state index in [0.29, 0.717) is 6.61 Å². The SMILES string of the molecule is COCC1(C(=O)Nc2cccc(Nc3ccccc3)c2)CCNCC1. The van der Waals surface area contributed by atoms with Gasteiger partial charge in [-0.05, 0) is 56.3 Å². The lowest BCUT2D eigenvalue weighted by atomic mass is 9.78. The van der Waals surface area contributed by atoms with Crippen LogP contribution < -0.4 is 16.0 Å². The van der Waals surface area contributed by atoms with Crippen LogP contribution in [0.4, 0.5) is 17.1 Å². The van der Waals surface area contributed by atoms with Crippen LogP contribution in [0.25, 0.3) is 0 Å². The molecule has 0 radical (unpaired) electrons. The summed E-state index contributed by atoms with van der Waals surface area (Å²) >= 11 is 0. The number of amides is 1. The third-order valence-electron chi connectivity index (χ3n) is 4.65. The molecule has 2 aromatic carbocycles. The number of benzene rings is 2. The molecule has 132 valence electrons. The Bertz CT molecular complexity index is 692. The van der Waals surface area contributed by atoms with Crippen LogP contribution in [-0.2, 0) is 9.53 Å². The molecular formula is C20H25N3O2. The molecule has 25 heavy (non-hydrogen) atoms. The fourth-order valence-electron chi connectivity index (χ4n) is 3.25. The predicted octanol–water partition coefficient (Wildman–Crippen LogP) is 3.38. The first kappa shape index (κ1) is 17.5. The van der Waals surface area contributed by atoms with E-state index in [9.17, 15) is 4.79 Å². The Morgan fingerprint density at radius 1 is 1.04 bits per heavy atom.